The van der Waals surface area contributed by atoms with Crippen molar-refractivity contribution in [1.82, 2.24) is 19.9 Å². The minimum atomic E-state index is -4.25. The minimum absolute atomic E-state index is 0.0866. The molecule has 40 heavy (non-hydrogen) atoms. The lowest BCUT2D eigenvalue weighted by atomic mass is 9.97. The van der Waals surface area contributed by atoms with Crippen LogP contribution in [-0.2, 0) is 25.5 Å². The molecule has 0 aliphatic carbocycles. The molecule has 1 saturated heterocycles. The van der Waals surface area contributed by atoms with Gasteiger partial charge in [0.05, 0.1) is 10.7 Å². The third-order valence-electron chi connectivity index (χ3n) is 6.65. The number of halogens is 1. The number of amides is 1. The van der Waals surface area contributed by atoms with Crippen LogP contribution in [0.3, 0.4) is 0 Å². The van der Waals surface area contributed by atoms with Crippen LogP contribution >= 0.6 is 34.7 Å². The third kappa shape index (κ3) is 6.74. The number of likely N-dealkylation sites (tertiary alicyclic amines) is 1. The minimum Gasteiger partial charge on any atom is -0.466 e. The van der Waals surface area contributed by atoms with E-state index in [9.17, 15) is 17.8 Å². The number of carbonyl (C=O) groups excluding carboxylic acids is 1. The fourth-order valence-corrected chi connectivity index (χ4v) is 7.12. The number of piperidine rings is 1. The first-order valence-electron chi connectivity index (χ1n) is 12.4. The molecule has 4 heterocycles. The zero-order valence-corrected chi connectivity index (χ0v) is 24.6. The Bertz CT molecular complexity index is 1520. The Hall–Kier alpha value is -2.78. The molecule has 0 bridgehead atoms. The molecule has 212 valence electrons. The van der Waals surface area contributed by atoms with Crippen LogP contribution in [0.25, 0.3) is 0 Å². The van der Waals surface area contributed by atoms with Crippen LogP contribution < -0.4 is 4.74 Å². The Kier molecular flexibility index (Phi) is 8.90. The fourth-order valence-electron chi connectivity index (χ4n) is 4.70. The van der Waals surface area contributed by atoms with Crippen molar-refractivity contribution < 1.29 is 27.3 Å². The first-order valence-corrected chi connectivity index (χ1v) is 16.5. The Morgan fingerprint density at radius 3 is 2.80 bits per heavy atom. The predicted octanol–water partition coefficient (Wildman–Crippen LogP) is 4.35. The van der Waals surface area contributed by atoms with Gasteiger partial charge in [0, 0.05) is 53.8 Å². The molecule has 1 aromatic carbocycles. The van der Waals surface area contributed by atoms with Crippen molar-refractivity contribution in [3.63, 3.8) is 0 Å². The van der Waals surface area contributed by atoms with Crippen LogP contribution in [0.1, 0.15) is 53.1 Å². The molecule has 0 spiro atoms. The van der Waals surface area contributed by atoms with Gasteiger partial charge in [-0.1, -0.05) is 28.9 Å². The number of hydrogen-bond acceptors (Lipinski definition) is 11. The molecule has 2 aliphatic heterocycles. The second-order valence-corrected chi connectivity index (χ2v) is 12.8. The van der Waals surface area contributed by atoms with Gasteiger partial charge < -0.3 is 14.5 Å². The van der Waals surface area contributed by atoms with E-state index in [1.807, 2.05) is 11.6 Å². The van der Waals surface area contributed by atoms with Crippen LogP contribution in [0.2, 0.25) is 5.02 Å². The number of hydrogen-bond donors (Lipinski definition) is 1. The van der Waals surface area contributed by atoms with E-state index in [-0.39, 0.29) is 18.4 Å². The van der Waals surface area contributed by atoms with Crippen molar-refractivity contribution in [3.8, 4) is 5.88 Å². The first-order chi connectivity index (χ1) is 19.2. The van der Waals surface area contributed by atoms with E-state index in [0.717, 1.165) is 17.8 Å². The lowest BCUT2D eigenvalue weighted by Gasteiger charge is -2.31. The number of nitrogens with zero attached hydrogens (tertiary/aromatic N) is 5. The van der Waals surface area contributed by atoms with Crippen molar-refractivity contribution in [3.05, 3.63) is 62.8 Å². The van der Waals surface area contributed by atoms with Gasteiger partial charge in [0.1, 0.15) is 11.5 Å². The molecule has 1 unspecified atom stereocenters. The summed E-state index contributed by atoms with van der Waals surface area (Å²) in [5.74, 6) is -0.0764. The molecule has 5 rings (SSSR count). The second-order valence-electron chi connectivity index (χ2n) is 9.26. The largest absolute Gasteiger partial charge is 0.466 e. The highest BCUT2D eigenvalue weighted by molar-refractivity contribution is 7.98. The van der Waals surface area contributed by atoms with Crippen LogP contribution in [0, 0.1) is 0 Å². The summed E-state index contributed by atoms with van der Waals surface area (Å²) >= 11 is 9.33. The van der Waals surface area contributed by atoms with E-state index in [2.05, 4.69) is 15.1 Å². The monoisotopic (exact) mass is 623 g/mol. The summed E-state index contributed by atoms with van der Waals surface area (Å²) in [7, 11) is -4.25. The van der Waals surface area contributed by atoms with Gasteiger partial charge in [-0.25, -0.2) is 15.0 Å². The molecule has 2 aliphatic rings. The lowest BCUT2D eigenvalue weighted by molar-refractivity contribution is -0.134. The van der Waals surface area contributed by atoms with Crippen LogP contribution in [0.5, 0.6) is 5.88 Å². The number of carbonyl (C=O) groups is 1. The Morgan fingerprint density at radius 2 is 2.05 bits per heavy atom. The average Bonchev–Trinajstić information content (AvgIpc) is 3.62. The number of ether oxygens (including phenoxy) is 1. The standard InChI is InChI=1S/C25H26ClN5O6S3/c1-38-25-23(27-7-8-28-25)36-12-21(32)31-9-5-15(6-10-31)24-29-19(13-39-24)18-11-20(37-30-18)22-16(14-40(33,34)35)3-2-4-17(22)26/h2-4,7-8,13,15,20H,5-6,9-12,14H2,1H3,(H,33,34,35). The second kappa shape index (κ2) is 12.4. The molecule has 0 saturated carbocycles. The highest BCUT2D eigenvalue weighted by Crippen LogP contribution is 2.38. The van der Waals surface area contributed by atoms with Crippen molar-refractivity contribution in [1.29, 1.82) is 0 Å². The quantitative estimate of drug-likeness (QED) is 0.270. The average molecular weight is 624 g/mol. The van der Waals surface area contributed by atoms with Gasteiger partial charge in [0.25, 0.3) is 16.0 Å². The van der Waals surface area contributed by atoms with Gasteiger partial charge in [-0.3, -0.25) is 9.35 Å². The van der Waals surface area contributed by atoms with Crippen molar-refractivity contribution in [2.45, 2.75) is 42.1 Å². The Morgan fingerprint density at radius 1 is 1.27 bits per heavy atom. The van der Waals surface area contributed by atoms with E-state index in [4.69, 9.17) is 26.2 Å². The summed E-state index contributed by atoms with van der Waals surface area (Å²) in [6.45, 7) is 1.12. The molecule has 15 heteroatoms. The number of benzene rings is 1. The summed E-state index contributed by atoms with van der Waals surface area (Å²) in [6, 6.07) is 4.87. The topological polar surface area (TPSA) is 144 Å². The Labute approximate surface area is 244 Å². The van der Waals surface area contributed by atoms with Crippen LogP contribution in [0.15, 0.2) is 46.2 Å². The lowest BCUT2D eigenvalue weighted by Crippen LogP contribution is -2.40. The highest BCUT2D eigenvalue weighted by atomic mass is 35.5. The highest BCUT2D eigenvalue weighted by Gasteiger charge is 2.31. The molecule has 0 radical (unpaired) electrons. The van der Waals surface area contributed by atoms with Gasteiger partial charge in [-0.15, -0.1) is 23.1 Å². The molecular formula is C25H26ClN5O6S3. The summed E-state index contributed by atoms with van der Waals surface area (Å²) in [5.41, 5.74) is 2.19. The number of oxime groups is 1. The fraction of sp³-hybridized carbons (Fsp3) is 0.400. The summed E-state index contributed by atoms with van der Waals surface area (Å²) < 4.78 is 37.9. The molecular weight excluding hydrogens is 598 g/mol. The van der Waals surface area contributed by atoms with E-state index in [1.54, 1.807) is 40.6 Å². The smallest absolute Gasteiger partial charge is 0.269 e. The number of rotatable bonds is 9. The Balaban J connectivity index is 1.16. The molecule has 11 nitrogen and oxygen atoms in total. The summed E-state index contributed by atoms with van der Waals surface area (Å²) in [5, 5.41) is 8.09. The van der Waals surface area contributed by atoms with Crippen molar-refractivity contribution >= 4 is 56.4 Å². The maximum Gasteiger partial charge on any atom is 0.269 e. The molecule has 2 aromatic heterocycles. The molecule has 1 atom stereocenters. The molecule has 1 N–H and O–H groups in total. The van der Waals surface area contributed by atoms with Gasteiger partial charge in [-0.05, 0) is 30.7 Å². The number of thiazole rings is 1. The van der Waals surface area contributed by atoms with Gasteiger partial charge in [0.2, 0.25) is 5.88 Å². The maximum atomic E-state index is 12.7. The summed E-state index contributed by atoms with van der Waals surface area (Å²) in [4.78, 5) is 33.3. The van der Waals surface area contributed by atoms with Gasteiger partial charge in [0.15, 0.2) is 17.7 Å². The van der Waals surface area contributed by atoms with E-state index < -0.39 is 22.0 Å². The van der Waals surface area contributed by atoms with E-state index in [0.29, 0.717) is 58.0 Å². The van der Waals surface area contributed by atoms with E-state index in [1.165, 1.54) is 18.0 Å². The molecule has 1 amide bonds. The summed E-state index contributed by atoms with van der Waals surface area (Å²) in [6.07, 6.45) is 6.34. The van der Waals surface area contributed by atoms with E-state index >= 15 is 0 Å². The predicted molar refractivity (Wildman–Crippen MR) is 152 cm³/mol. The third-order valence-corrected chi connectivity index (χ3v) is 9.32. The maximum absolute atomic E-state index is 12.7. The SMILES string of the molecule is CSc1nccnc1OCC(=O)N1CCC(c2nc(C3=NOC(c4c(Cl)cccc4CS(=O)(=O)O)C3)cs2)CC1. The van der Waals surface area contributed by atoms with Gasteiger partial charge >= 0.3 is 0 Å². The van der Waals surface area contributed by atoms with Crippen LogP contribution in [0.4, 0.5) is 0 Å². The number of thioether (sulfide) groups is 1. The number of aromatic nitrogens is 3. The zero-order valence-electron chi connectivity index (χ0n) is 21.4. The molecule has 1 fully saturated rings. The normalized spacial score (nSPS) is 17.9. The zero-order chi connectivity index (χ0) is 28.3. The first kappa shape index (κ1) is 28.7. The molecule has 3 aromatic rings. The van der Waals surface area contributed by atoms with Crippen LogP contribution in [-0.4, -0.2) is 70.4 Å². The van der Waals surface area contributed by atoms with Gasteiger partial charge in [-0.2, -0.15) is 8.42 Å². The van der Waals surface area contributed by atoms with Crippen molar-refractivity contribution in [2.75, 3.05) is 26.0 Å². The van der Waals surface area contributed by atoms with Crippen molar-refractivity contribution in [2.24, 2.45) is 5.16 Å².